The Morgan fingerprint density at radius 1 is 0.975 bits per heavy atom. The summed E-state index contributed by atoms with van der Waals surface area (Å²) in [5, 5.41) is 3.42. The second kappa shape index (κ2) is 14.3. The zero-order valence-electron chi connectivity index (χ0n) is 22.5. The minimum Gasteiger partial charge on any atom is -0.352 e. The number of benzene rings is 3. The molecule has 0 bridgehead atoms. The second-order valence-electron chi connectivity index (χ2n) is 9.54. The highest BCUT2D eigenvalue weighted by Gasteiger charge is 2.33. The quantitative estimate of drug-likeness (QED) is 0.254. The van der Waals surface area contributed by atoms with Gasteiger partial charge >= 0.3 is 0 Å². The van der Waals surface area contributed by atoms with Crippen molar-refractivity contribution < 1.29 is 18.0 Å². The van der Waals surface area contributed by atoms with E-state index in [1.165, 1.54) is 23.1 Å². The molecule has 3 aromatic carbocycles. The van der Waals surface area contributed by atoms with Crippen LogP contribution < -0.4 is 9.62 Å². The molecule has 0 aromatic heterocycles. The highest BCUT2D eigenvalue weighted by molar-refractivity contribution is 9.10. The van der Waals surface area contributed by atoms with Crippen LogP contribution in [0.5, 0.6) is 0 Å². The van der Waals surface area contributed by atoms with E-state index < -0.39 is 28.5 Å². The van der Waals surface area contributed by atoms with E-state index in [0.717, 1.165) is 26.2 Å². The average Bonchev–Trinajstić information content (AvgIpc) is 2.90. The predicted octanol–water partition coefficient (Wildman–Crippen LogP) is 6.08. The van der Waals surface area contributed by atoms with Crippen molar-refractivity contribution in [2.45, 2.75) is 45.3 Å². The first-order chi connectivity index (χ1) is 18.9. The summed E-state index contributed by atoms with van der Waals surface area (Å²) in [5.74, 6) is -0.876. The highest BCUT2D eigenvalue weighted by Crippen LogP contribution is 2.30. The summed E-state index contributed by atoms with van der Waals surface area (Å²) in [6.07, 6.45) is 1.95. The smallest absolute Gasteiger partial charge is 0.244 e. The molecule has 7 nitrogen and oxygen atoms in total. The third-order valence-electron chi connectivity index (χ3n) is 6.40. The number of carbonyl (C=O) groups excluding carboxylic acids is 2. The van der Waals surface area contributed by atoms with Crippen molar-refractivity contribution in [2.24, 2.45) is 0 Å². The lowest BCUT2D eigenvalue weighted by Crippen LogP contribution is -2.54. The van der Waals surface area contributed by atoms with Crippen LogP contribution in [0, 0.1) is 0 Å². The molecule has 0 aliphatic heterocycles. The molecule has 0 spiro atoms. The Bertz CT molecular complexity index is 1420. The molecule has 3 aromatic rings. The third-order valence-corrected chi connectivity index (χ3v) is 8.59. The first-order valence-electron chi connectivity index (χ1n) is 12.7. The fraction of sp³-hybridized carbons (Fsp3) is 0.310. The normalized spacial score (nSPS) is 12.8. The van der Waals surface area contributed by atoms with Gasteiger partial charge in [-0.1, -0.05) is 88.5 Å². The molecule has 0 unspecified atom stereocenters. The number of hydrogen-bond acceptors (Lipinski definition) is 4. The van der Waals surface area contributed by atoms with Gasteiger partial charge in [0.2, 0.25) is 21.8 Å². The number of sulfonamides is 1. The molecule has 214 valence electrons. The SMILES string of the molecule is CC[C@@H](C)NC(=O)[C@@H](Cc1ccccc1)N(Cc1ccc(Br)cc1)C(=O)CN(c1ccc(Cl)cc1Cl)S(C)(=O)=O. The summed E-state index contributed by atoms with van der Waals surface area (Å²) in [6.45, 7) is 3.39. The Hall–Kier alpha value is -2.59. The summed E-state index contributed by atoms with van der Waals surface area (Å²) in [5.41, 5.74) is 1.76. The van der Waals surface area contributed by atoms with E-state index in [-0.39, 0.29) is 35.6 Å². The molecule has 3 rings (SSSR count). The van der Waals surface area contributed by atoms with Gasteiger partial charge in [-0.05, 0) is 54.8 Å². The molecular weight excluding hydrogens is 637 g/mol. The van der Waals surface area contributed by atoms with Crippen LogP contribution in [0.15, 0.2) is 77.3 Å². The predicted molar refractivity (Wildman–Crippen MR) is 165 cm³/mol. The van der Waals surface area contributed by atoms with Crippen LogP contribution >= 0.6 is 39.1 Å². The molecule has 0 fully saturated rings. The first-order valence-corrected chi connectivity index (χ1v) is 16.1. The summed E-state index contributed by atoms with van der Waals surface area (Å²) < 4.78 is 27.6. The molecule has 2 atom stereocenters. The van der Waals surface area contributed by atoms with E-state index in [1.807, 2.05) is 68.4 Å². The van der Waals surface area contributed by atoms with Crippen LogP contribution in [0.2, 0.25) is 10.0 Å². The lowest BCUT2D eigenvalue weighted by atomic mass is 10.0. The van der Waals surface area contributed by atoms with Crippen LogP contribution in [0.4, 0.5) is 5.69 Å². The van der Waals surface area contributed by atoms with Gasteiger partial charge < -0.3 is 10.2 Å². The zero-order chi connectivity index (χ0) is 29.4. The van der Waals surface area contributed by atoms with Gasteiger partial charge in [-0.15, -0.1) is 0 Å². The van der Waals surface area contributed by atoms with E-state index in [9.17, 15) is 18.0 Å². The monoisotopic (exact) mass is 667 g/mol. The Balaban J connectivity index is 2.07. The number of nitrogens with one attached hydrogen (secondary N) is 1. The van der Waals surface area contributed by atoms with E-state index in [2.05, 4.69) is 21.2 Å². The minimum atomic E-state index is -3.94. The number of nitrogens with zero attached hydrogens (tertiary/aromatic N) is 2. The Kier molecular flexibility index (Phi) is 11.5. The van der Waals surface area contributed by atoms with Crippen LogP contribution in [0.1, 0.15) is 31.4 Å². The lowest BCUT2D eigenvalue weighted by Gasteiger charge is -2.34. The molecule has 2 amide bonds. The molecule has 0 saturated heterocycles. The van der Waals surface area contributed by atoms with Gasteiger partial charge in [0.05, 0.1) is 17.0 Å². The highest BCUT2D eigenvalue weighted by atomic mass is 79.9. The standard InChI is InChI=1S/C29H32BrCl2N3O4S/c1-4-20(2)33-29(37)27(16-21-8-6-5-7-9-21)34(18-22-10-12-23(30)13-11-22)28(36)19-35(40(3,38)39)26-15-14-24(31)17-25(26)32/h5-15,17,20,27H,4,16,18-19H2,1-3H3,(H,33,37)/t20-,27-/m1/s1. The largest absolute Gasteiger partial charge is 0.352 e. The maximum absolute atomic E-state index is 14.1. The summed E-state index contributed by atoms with van der Waals surface area (Å²) in [4.78, 5) is 29.2. The molecule has 1 N–H and O–H groups in total. The molecule has 0 aliphatic rings. The molecule has 40 heavy (non-hydrogen) atoms. The maximum atomic E-state index is 14.1. The molecule has 0 saturated carbocycles. The Labute approximate surface area is 254 Å². The first kappa shape index (κ1) is 31.9. The van der Waals surface area contributed by atoms with E-state index in [0.29, 0.717) is 11.4 Å². The van der Waals surface area contributed by atoms with Crippen LogP contribution in [-0.4, -0.2) is 50.0 Å². The van der Waals surface area contributed by atoms with E-state index in [1.54, 1.807) is 0 Å². The second-order valence-corrected chi connectivity index (χ2v) is 13.2. The van der Waals surface area contributed by atoms with Crippen LogP contribution in [-0.2, 0) is 32.6 Å². The van der Waals surface area contributed by atoms with Gasteiger partial charge in [-0.3, -0.25) is 13.9 Å². The average molecular weight is 669 g/mol. The number of rotatable bonds is 12. The molecular formula is C29H32BrCl2N3O4S. The lowest BCUT2D eigenvalue weighted by molar-refractivity contribution is -0.140. The summed E-state index contributed by atoms with van der Waals surface area (Å²) >= 11 is 15.8. The van der Waals surface area contributed by atoms with Crippen molar-refractivity contribution in [3.63, 3.8) is 0 Å². The third kappa shape index (κ3) is 8.96. The number of amides is 2. The van der Waals surface area contributed by atoms with E-state index >= 15 is 0 Å². The van der Waals surface area contributed by atoms with Gasteiger partial charge in [0.15, 0.2) is 0 Å². The van der Waals surface area contributed by atoms with Gasteiger partial charge in [-0.25, -0.2) is 8.42 Å². The number of hydrogen-bond donors (Lipinski definition) is 1. The van der Waals surface area contributed by atoms with Gasteiger partial charge in [-0.2, -0.15) is 0 Å². The van der Waals surface area contributed by atoms with Gasteiger partial charge in [0.1, 0.15) is 12.6 Å². The number of halogens is 3. The van der Waals surface area contributed by atoms with Crippen LogP contribution in [0.25, 0.3) is 0 Å². The fourth-order valence-corrected chi connectivity index (χ4v) is 5.75. The Morgan fingerprint density at radius 3 is 2.20 bits per heavy atom. The van der Waals surface area contributed by atoms with Crippen molar-refractivity contribution in [3.05, 3.63) is 98.4 Å². The maximum Gasteiger partial charge on any atom is 0.244 e. The van der Waals surface area contributed by atoms with Crippen molar-refractivity contribution >= 4 is 66.7 Å². The van der Waals surface area contributed by atoms with Crippen molar-refractivity contribution in [2.75, 3.05) is 17.1 Å². The van der Waals surface area contributed by atoms with Crippen LogP contribution in [0.3, 0.4) is 0 Å². The van der Waals surface area contributed by atoms with E-state index in [4.69, 9.17) is 23.2 Å². The number of carbonyl (C=O) groups is 2. The summed E-state index contributed by atoms with van der Waals surface area (Å²) in [7, 11) is -3.94. The van der Waals surface area contributed by atoms with Crippen molar-refractivity contribution in [1.29, 1.82) is 0 Å². The molecule has 0 aliphatic carbocycles. The van der Waals surface area contributed by atoms with Gasteiger partial charge in [0.25, 0.3) is 0 Å². The van der Waals surface area contributed by atoms with Crippen molar-refractivity contribution in [1.82, 2.24) is 10.2 Å². The topological polar surface area (TPSA) is 86.8 Å². The molecule has 0 heterocycles. The van der Waals surface area contributed by atoms with Gasteiger partial charge in [0, 0.05) is 28.5 Å². The number of anilines is 1. The molecule has 0 radical (unpaired) electrons. The van der Waals surface area contributed by atoms with Crippen molar-refractivity contribution in [3.8, 4) is 0 Å². The minimum absolute atomic E-state index is 0.0838. The Morgan fingerprint density at radius 2 is 1.62 bits per heavy atom. The zero-order valence-corrected chi connectivity index (χ0v) is 26.4. The summed E-state index contributed by atoms with van der Waals surface area (Å²) in [6, 6.07) is 20.1. The fourth-order valence-electron chi connectivity index (χ4n) is 4.06. The molecule has 11 heteroatoms.